The number of hydrogen-bond acceptors (Lipinski definition) is 8. The smallest absolute Gasteiger partial charge is 0.273 e. The molecule has 0 aromatic heterocycles. The van der Waals surface area contributed by atoms with Crippen LogP contribution in [0.25, 0.3) is 0 Å². The second-order valence-corrected chi connectivity index (χ2v) is 17.0. The van der Waals surface area contributed by atoms with Crippen LogP contribution in [0.3, 0.4) is 0 Å². The van der Waals surface area contributed by atoms with Crippen LogP contribution >= 0.6 is 0 Å². The highest BCUT2D eigenvalue weighted by atomic mass is 19.4. The summed E-state index contributed by atoms with van der Waals surface area (Å²) in [7, 11) is 0. The maximum Gasteiger partial charge on any atom is 0.431 e. The molecule has 0 saturated carbocycles. The molecule has 0 aromatic rings. The fraction of sp³-hybridized carbons (Fsp3) is 0.771. The number of alkyl halides is 3. The maximum atomic E-state index is 12.2. The lowest BCUT2D eigenvalue weighted by molar-refractivity contribution is -0.134. The van der Waals surface area contributed by atoms with Crippen molar-refractivity contribution < 1.29 is 32.3 Å². The van der Waals surface area contributed by atoms with Gasteiger partial charge in [-0.25, -0.2) is 20.0 Å². The molecule has 0 N–H and O–H groups in total. The van der Waals surface area contributed by atoms with Crippen LogP contribution in [0.2, 0.25) is 0 Å². The van der Waals surface area contributed by atoms with Crippen molar-refractivity contribution in [2.45, 2.75) is 165 Å². The van der Waals surface area contributed by atoms with E-state index in [1.807, 2.05) is 55.4 Å². The Bertz CT molecular complexity index is 1390. The summed E-state index contributed by atoms with van der Waals surface area (Å²) in [6, 6.07) is 0. The number of hydrazone groups is 4. The van der Waals surface area contributed by atoms with Gasteiger partial charge >= 0.3 is 6.18 Å². The van der Waals surface area contributed by atoms with Gasteiger partial charge in [0.15, 0.2) is 5.71 Å². The molecule has 4 heterocycles. The Morgan fingerprint density at radius 1 is 0.560 bits per heavy atom. The average molecular weight is 713 g/mol. The van der Waals surface area contributed by atoms with E-state index in [0.717, 1.165) is 35.0 Å². The molecule has 0 saturated heterocycles. The quantitative estimate of drug-likeness (QED) is 0.308. The van der Waals surface area contributed by atoms with E-state index in [0.29, 0.717) is 25.8 Å². The molecular weight excluding hydrogens is 653 g/mol. The summed E-state index contributed by atoms with van der Waals surface area (Å²) in [6.45, 7) is 29.7. The van der Waals surface area contributed by atoms with Crippen LogP contribution < -0.4 is 0 Å². The number of rotatable bonds is 3. The van der Waals surface area contributed by atoms with Crippen LogP contribution in [0, 0.1) is 5.41 Å². The predicted molar refractivity (Wildman–Crippen MR) is 191 cm³/mol. The topological polar surface area (TPSA) is 131 Å². The van der Waals surface area contributed by atoms with Crippen LogP contribution in [-0.4, -0.2) is 95.8 Å². The second-order valence-electron chi connectivity index (χ2n) is 17.0. The third kappa shape index (κ3) is 14.3. The molecule has 0 spiro atoms. The average Bonchev–Trinajstić information content (AvgIpc) is 3.64. The standard InChI is InChI=1S/C10H18N2O.C9H16N2O.C8H11F3N2O.C8H14N2O/c1-5-6-8-7-9(13)12(11-8)10(2,3)4;1-7-5-8(12)11(10-7)6-9(2,3)4;1-7(2,3)13-6(14)4-5(12-13)8(9,10)11;1-6-5-7(11)10(9-6)8(2,3)4/h5-7H2,1-4H3;5-6H2,1-4H3;4H2,1-3H3;5H2,1-4H3. The molecule has 12 nitrogen and oxygen atoms in total. The van der Waals surface area contributed by atoms with Crippen LogP contribution in [-0.2, 0) is 19.2 Å². The molecule has 50 heavy (non-hydrogen) atoms. The van der Waals surface area contributed by atoms with E-state index < -0.39 is 29.8 Å². The van der Waals surface area contributed by atoms with Crippen molar-refractivity contribution in [2.75, 3.05) is 6.54 Å². The molecule has 0 aliphatic carbocycles. The SMILES string of the molecule is CC(C)(C)N1N=C(C(F)(F)F)CC1=O.CC1=NN(C(C)(C)C)C(=O)C1.CC1=NN(CC(C)(C)C)C(=O)C1.CCCC1=NN(C(C)(C)C)C(=O)C1. The minimum atomic E-state index is -4.50. The van der Waals surface area contributed by atoms with Gasteiger partial charge in [0.05, 0.1) is 42.3 Å². The van der Waals surface area contributed by atoms with Gasteiger partial charge in [-0.1, -0.05) is 34.1 Å². The van der Waals surface area contributed by atoms with Gasteiger partial charge in [0.1, 0.15) is 0 Å². The zero-order valence-electron chi connectivity index (χ0n) is 32.8. The zero-order chi connectivity index (χ0) is 39.2. The minimum Gasteiger partial charge on any atom is -0.273 e. The van der Waals surface area contributed by atoms with Crippen molar-refractivity contribution >= 4 is 46.5 Å². The number of carbonyl (C=O) groups is 4. The van der Waals surface area contributed by atoms with Crippen molar-refractivity contribution in [3.63, 3.8) is 0 Å². The van der Waals surface area contributed by atoms with Gasteiger partial charge in [0.25, 0.3) is 0 Å². The highest BCUT2D eigenvalue weighted by molar-refractivity contribution is 6.08. The summed E-state index contributed by atoms with van der Waals surface area (Å²) in [4.78, 5) is 45.2. The highest BCUT2D eigenvalue weighted by Crippen LogP contribution is 2.28. The zero-order valence-corrected chi connectivity index (χ0v) is 32.8. The van der Waals surface area contributed by atoms with Gasteiger partial charge in [-0.3, -0.25) is 19.2 Å². The molecule has 4 amide bonds. The highest BCUT2D eigenvalue weighted by Gasteiger charge is 2.44. The van der Waals surface area contributed by atoms with Gasteiger partial charge < -0.3 is 0 Å². The van der Waals surface area contributed by atoms with Crippen LogP contribution in [0.5, 0.6) is 0 Å². The minimum absolute atomic E-state index is 0.106. The molecule has 0 fully saturated rings. The van der Waals surface area contributed by atoms with Crippen LogP contribution in [0.4, 0.5) is 13.2 Å². The van der Waals surface area contributed by atoms with Gasteiger partial charge in [0.2, 0.25) is 23.6 Å². The Morgan fingerprint density at radius 2 is 0.960 bits per heavy atom. The lowest BCUT2D eigenvalue weighted by Gasteiger charge is -2.27. The molecule has 0 radical (unpaired) electrons. The number of halogens is 3. The van der Waals surface area contributed by atoms with Gasteiger partial charge in [-0.15, -0.1) is 0 Å². The Balaban J connectivity index is 0.000000335. The fourth-order valence-corrected chi connectivity index (χ4v) is 4.80. The molecule has 15 heteroatoms. The number of nitrogens with zero attached hydrogens (tertiary/aromatic N) is 8. The van der Waals surface area contributed by atoms with Crippen molar-refractivity contribution in [1.29, 1.82) is 0 Å². The second kappa shape index (κ2) is 16.6. The van der Waals surface area contributed by atoms with Crippen molar-refractivity contribution in [1.82, 2.24) is 20.0 Å². The summed E-state index contributed by atoms with van der Waals surface area (Å²) >= 11 is 0. The molecule has 4 rings (SSSR count). The Morgan fingerprint density at radius 3 is 1.24 bits per heavy atom. The van der Waals surface area contributed by atoms with Crippen LogP contribution in [0.15, 0.2) is 20.4 Å². The third-order valence-corrected chi connectivity index (χ3v) is 6.91. The molecule has 4 aliphatic rings. The first-order valence-corrected chi connectivity index (χ1v) is 17.0. The molecule has 0 atom stereocenters. The summed E-state index contributed by atoms with van der Waals surface area (Å²) in [5.41, 5.74) is 0.920. The normalized spacial score (nSPS) is 18.6. The number of carbonyl (C=O) groups excluding carboxylic acids is 4. The van der Waals surface area contributed by atoms with Gasteiger partial charge in [-0.05, 0) is 88.0 Å². The van der Waals surface area contributed by atoms with E-state index >= 15 is 0 Å². The Labute approximate surface area is 296 Å². The van der Waals surface area contributed by atoms with E-state index in [1.165, 1.54) is 0 Å². The number of hydrogen-bond donors (Lipinski definition) is 0. The maximum absolute atomic E-state index is 12.2. The fourth-order valence-electron chi connectivity index (χ4n) is 4.80. The van der Waals surface area contributed by atoms with Crippen molar-refractivity contribution in [2.24, 2.45) is 25.8 Å². The summed E-state index contributed by atoms with van der Waals surface area (Å²) in [6.07, 6.45) is -1.66. The Hall–Kier alpha value is -3.65. The first-order chi connectivity index (χ1) is 22.4. The molecular formula is C35H59F3N8O4. The van der Waals surface area contributed by atoms with E-state index in [9.17, 15) is 32.3 Å². The number of amides is 4. The molecule has 0 bridgehead atoms. The molecule has 0 unspecified atom stereocenters. The van der Waals surface area contributed by atoms with E-state index in [1.54, 1.807) is 35.8 Å². The predicted octanol–water partition coefficient (Wildman–Crippen LogP) is 7.14. The Kier molecular flexibility index (Phi) is 14.7. The lowest BCUT2D eigenvalue weighted by atomic mass is 9.97. The monoisotopic (exact) mass is 712 g/mol. The molecule has 284 valence electrons. The first kappa shape index (κ1) is 44.4. The van der Waals surface area contributed by atoms with Crippen LogP contribution in [0.1, 0.15) is 142 Å². The molecule has 0 aromatic carbocycles. The third-order valence-electron chi connectivity index (χ3n) is 6.91. The summed E-state index contributed by atoms with van der Waals surface area (Å²) < 4.78 is 36.6. The molecule has 4 aliphatic heterocycles. The summed E-state index contributed by atoms with van der Waals surface area (Å²) in [5, 5.41) is 21.5. The van der Waals surface area contributed by atoms with Crippen molar-refractivity contribution in [3.05, 3.63) is 0 Å². The lowest BCUT2D eigenvalue weighted by Crippen LogP contribution is -2.38. The van der Waals surface area contributed by atoms with E-state index in [4.69, 9.17) is 0 Å². The van der Waals surface area contributed by atoms with Gasteiger partial charge in [0, 0.05) is 23.7 Å². The van der Waals surface area contributed by atoms with Crippen molar-refractivity contribution in [3.8, 4) is 0 Å². The first-order valence-electron chi connectivity index (χ1n) is 17.0. The summed E-state index contributed by atoms with van der Waals surface area (Å²) in [5.74, 6) is -0.238. The van der Waals surface area contributed by atoms with E-state index in [-0.39, 0.29) is 34.2 Å². The van der Waals surface area contributed by atoms with E-state index in [2.05, 4.69) is 48.1 Å². The van der Waals surface area contributed by atoms with Gasteiger partial charge in [-0.2, -0.15) is 33.6 Å². The largest absolute Gasteiger partial charge is 0.431 e.